The lowest BCUT2D eigenvalue weighted by Crippen LogP contribution is -2.35. The molecule has 0 radical (unpaired) electrons. The Morgan fingerprint density at radius 3 is 3.00 bits per heavy atom. The number of carbonyl (C=O) groups is 1. The van der Waals surface area contributed by atoms with Crippen LogP contribution in [0.5, 0.6) is 0 Å². The third-order valence-electron chi connectivity index (χ3n) is 3.73. The Balaban J connectivity index is 1.95. The van der Waals surface area contributed by atoms with Crippen molar-refractivity contribution in [3.8, 4) is 0 Å². The van der Waals surface area contributed by atoms with Crippen molar-refractivity contribution in [3.05, 3.63) is 29.8 Å². The summed E-state index contributed by atoms with van der Waals surface area (Å²) in [6.45, 7) is 5.85. The smallest absolute Gasteiger partial charge is 0.217 e. The van der Waals surface area contributed by atoms with Gasteiger partial charge in [-0.05, 0) is 18.1 Å². The van der Waals surface area contributed by atoms with E-state index >= 15 is 0 Å². The van der Waals surface area contributed by atoms with Crippen LogP contribution in [0.1, 0.15) is 18.9 Å². The maximum Gasteiger partial charge on any atom is 0.217 e. The molecule has 1 saturated heterocycles. The normalized spacial score (nSPS) is 18.0. The number of nitrogens with zero attached hydrogens (tertiary/aromatic N) is 1. The van der Waals surface area contributed by atoms with E-state index < -0.39 is 0 Å². The molecule has 1 aliphatic rings. The zero-order chi connectivity index (χ0) is 15.1. The average Bonchev–Trinajstić information content (AvgIpc) is 2.91. The largest absolute Gasteiger partial charge is 0.383 e. The molecule has 2 N–H and O–H groups in total. The minimum absolute atomic E-state index is 0.0522. The Bertz CT molecular complexity index is 465. The number of carbonyl (C=O) groups excluding carboxylic acids is 1. The number of methoxy groups -OCH3 is 1. The molecule has 1 unspecified atom stereocenters. The standard InChI is InChI=1S/C16H25N3O2/c1-13(20)18-15-7-9-19(12-15)16-6-4-3-5-14(16)11-17-8-10-21-2/h3-6,15,17H,7-12H2,1-2H3,(H,18,20). The number of amides is 1. The molecule has 1 heterocycles. The van der Waals surface area contributed by atoms with Crippen LogP contribution in [-0.4, -0.2) is 45.3 Å². The van der Waals surface area contributed by atoms with Crippen LogP contribution in [0.25, 0.3) is 0 Å². The number of para-hydroxylation sites is 1. The van der Waals surface area contributed by atoms with Gasteiger partial charge in [0.1, 0.15) is 0 Å². The summed E-state index contributed by atoms with van der Waals surface area (Å²) in [4.78, 5) is 13.5. The predicted octanol–water partition coefficient (Wildman–Crippen LogP) is 1.14. The summed E-state index contributed by atoms with van der Waals surface area (Å²) >= 11 is 0. The lowest BCUT2D eigenvalue weighted by molar-refractivity contribution is -0.119. The molecule has 0 aliphatic carbocycles. The van der Waals surface area contributed by atoms with Crippen molar-refractivity contribution in [1.29, 1.82) is 0 Å². The molecule has 5 heteroatoms. The molecular formula is C16H25N3O2. The second kappa shape index (κ2) is 8.00. The third kappa shape index (κ3) is 4.72. The molecule has 116 valence electrons. The highest BCUT2D eigenvalue weighted by molar-refractivity contribution is 5.73. The molecule has 21 heavy (non-hydrogen) atoms. The van der Waals surface area contributed by atoms with Crippen LogP contribution in [0.4, 0.5) is 5.69 Å². The van der Waals surface area contributed by atoms with Gasteiger partial charge >= 0.3 is 0 Å². The molecular weight excluding hydrogens is 266 g/mol. The maximum atomic E-state index is 11.2. The number of rotatable bonds is 7. The van der Waals surface area contributed by atoms with Crippen LogP contribution in [0.15, 0.2) is 24.3 Å². The van der Waals surface area contributed by atoms with Gasteiger partial charge in [0.05, 0.1) is 6.61 Å². The van der Waals surface area contributed by atoms with Crippen LogP contribution in [0.3, 0.4) is 0 Å². The van der Waals surface area contributed by atoms with Gasteiger partial charge < -0.3 is 20.3 Å². The molecule has 0 saturated carbocycles. The van der Waals surface area contributed by atoms with Crippen LogP contribution < -0.4 is 15.5 Å². The van der Waals surface area contributed by atoms with Gasteiger partial charge in [0.25, 0.3) is 0 Å². The molecule has 1 fully saturated rings. The van der Waals surface area contributed by atoms with E-state index in [1.807, 2.05) is 0 Å². The topological polar surface area (TPSA) is 53.6 Å². The summed E-state index contributed by atoms with van der Waals surface area (Å²) in [6.07, 6.45) is 1.00. The molecule has 1 atom stereocenters. The molecule has 2 rings (SSSR count). The summed E-state index contributed by atoms with van der Waals surface area (Å²) in [5.74, 6) is 0.0522. The second-order valence-electron chi connectivity index (χ2n) is 5.43. The van der Waals surface area contributed by atoms with Crippen LogP contribution in [-0.2, 0) is 16.1 Å². The molecule has 0 spiro atoms. The first-order chi connectivity index (χ1) is 10.2. The summed E-state index contributed by atoms with van der Waals surface area (Å²) in [5.41, 5.74) is 2.55. The van der Waals surface area contributed by atoms with Crippen molar-refractivity contribution in [2.45, 2.75) is 25.9 Å². The number of benzene rings is 1. The maximum absolute atomic E-state index is 11.2. The minimum atomic E-state index is 0.0522. The van der Waals surface area contributed by atoms with Crippen molar-refractivity contribution < 1.29 is 9.53 Å². The van der Waals surface area contributed by atoms with E-state index in [-0.39, 0.29) is 11.9 Å². The van der Waals surface area contributed by atoms with Crippen LogP contribution in [0.2, 0.25) is 0 Å². The van der Waals surface area contributed by atoms with Gasteiger partial charge in [-0.25, -0.2) is 0 Å². The van der Waals surface area contributed by atoms with E-state index in [0.717, 1.165) is 39.2 Å². The van der Waals surface area contributed by atoms with Gasteiger partial charge in [-0.1, -0.05) is 18.2 Å². The van der Waals surface area contributed by atoms with Crippen LogP contribution in [0, 0.1) is 0 Å². The average molecular weight is 291 g/mol. The second-order valence-corrected chi connectivity index (χ2v) is 5.43. The van der Waals surface area contributed by atoms with E-state index in [0.29, 0.717) is 0 Å². The van der Waals surface area contributed by atoms with Gasteiger partial charge in [0, 0.05) is 51.9 Å². The molecule has 1 amide bonds. The predicted molar refractivity (Wildman–Crippen MR) is 84.5 cm³/mol. The first-order valence-corrected chi connectivity index (χ1v) is 7.50. The summed E-state index contributed by atoms with van der Waals surface area (Å²) in [7, 11) is 1.71. The number of anilines is 1. The van der Waals surface area contributed by atoms with Crippen molar-refractivity contribution in [2.24, 2.45) is 0 Å². The zero-order valence-corrected chi connectivity index (χ0v) is 12.9. The Morgan fingerprint density at radius 1 is 1.43 bits per heavy atom. The van der Waals surface area contributed by atoms with Gasteiger partial charge in [-0.3, -0.25) is 4.79 Å². The number of nitrogens with one attached hydrogen (secondary N) is 2. The fourth-order valence-corrected chi connectivity index (χ4v) is 2.75. The fraction of sp³-hybridized carbons (Fsp3) is 0.562. The summed E-state index contributed by atoms with van der Waals surface area (Å²) in [6, 6.07) is 8.71. The van der Waals surface area contributed by atoms with E-state index in [4.69, 9.17) is 4.74 Å². The SMILES string of the molecule is COCCNCc1ccccc1N1CCC(NC(C)=O)C1. The van der Waals surface area contributed by atoms with Crippen molar-refractivity contribution in [3.63, 3.8) is 0 Å². The minimum Gasteiger partial charge on any atom is -0.383 e. The molecule has 0 bridgehead atoms. The number of ether oxygens (including phenoxy) is 1. The fourth-order valence-electron chi connectivity index (χ4n) is 2.75. The highest BCUT2D eigenvalue weighted by atomic mass is 16.5. The highest BCUT2D eigenvalue weighted by Crippen LogP contribution is 2.24. The van der Waals surface area contributed by atoms with E-state index in [9.17, 15) is 4.79 Å². The van der Waals surface area contributed by atoms with E-state index in [1.54, 1.807) is 14.0 Å². The van der Waals surface area contributed by atoms with Crippen molar-refractivity contribution >= 4 is 11.6 Å². The zero-order valence-electron chi connectivity index (χ0n) is 12.9. The van der Waals surface area contributed by atoms with E-state index in [2.05, 4.69) is 39.8 Å². The van der Waals surface area contributed by atoms with Gasteiger partial charge in [0.2, 0.25) is 5.91 Å². The first kappa shape index (κ1) is 15.8. The molecule has 1 aromatic rings. The lowest BCUT2D eigenvalue weighted by Gasteiger charge is -2.22. The van der Waals surface area contributed by atoms with Gasteiger partial charge in [-0.2, -0.15) is 0 Å². The third-order valence-corrected chi connectivity index (χ3v) is 3.73. The summed E-state index contributed by atoms with van der Waals surface area (Å²) < 4.78 is 5.05. The van der Waals surface area contributed by atoms with Gasteiger partial charge in [0.15, 0.2) is 0 Å². The quantitative estimate of drug-likeness (QED) is 0.740. The lowest BCUT2D eigenvalue weighted by atomic mass is 10.1. The van der Waals surface area contributed by atoms with Crippen molar-refractivity contribution in [2.75, 3.05) is 38.3 Å². The highest BCUT2D eigenvalue weighted by Gasteiger charge is 2.24. The molecule has 1 aromatic carbocycles. The Labute approximate surface area is 126 Å². The Hall–Kier alpha value is -1.59. The number of hydrogen-bond acceptors (Lipinski definition) is 4. The molecule has 5 nitrogen and oxygen atoms in total. The van der Waals surface area contributed by atoms with Gasteiger partial charge in [-0.15, -0.1) is 0 Å². The number of hydrogen-bond donors (Lipinski definition) is 2. The summed E-state index contributed by atoms with van der Waals surface area (Å²) in [5, 5.41) is 6.40. The molecule has 0 aromatic heterocycles. The van der Waals surface area contributed by atoms with E-state index in [1.165, 1.54) is 11.3 Å². The Morgan fingerprint density at radius 2 is 2.24 bits per heavy atom. The monoisotopic (exact) mass is 291 g/mol. The Kier molecular flexibility index (Phi) is 6.02. The molecule has 1 aliphatic heterocycles. The van der Waals surface area contributed by atoms with Crippen LogP contribution >= 0.6 is 0 Å². The first-order valence-electron chi connectivity index (χ1n) is 7.50. The van der Waals surface area contributed by atoms with Crippen molar-refractivity contribution in [1.82, 2.24) is 10.6 Å².